The van der Waals surface area contributed by atoms with Crippen LogP contribution >= 0.6 is 11.8 Å². The molecule has 2 aromatic rings. The Hall–Kier alpha value is -10.6. The first-order chi connectivity index (χ1) is 64.6. The summed E-state index contributed by atoms with van der Waals surface area (Å²) in [6.07, 6.45) is -27.7. The normalized spacial score (nSPS) is 35.4. The number of anilines is 2. The van der Waals surface area contributed by atoms with Crippen LogP contribution in [0, 0.1) is 0 Å². The Balaban J connectivity index is 0.000000280. The standard InChI is InChI=1S/C15H20N4O6.C15H19N3O7.C8H14N2O6.C8H16N2O5.C8H13NO6.C8H13NO5.C8H13NO4S.C8H13NO4/c1-8(21)16-11-13(23)12(22)10(7-20)25-14(11)18-19-15(24)17-9-5-3-2-4-6-9;1-8(20)16-11-13(22)12(21)10(7-19)24-14(11)18-25-15(23)17-9-5-3-2-4-6-9;1-3(12)9-5-7(14)6(13)4(2-11)16-8(5)10-15;1-3(12)10-5-7(14)6(13)4(2-11)15-8(5)9;1-3(11)9-5-7(13)6(12)4(2-10)15-8(5)14;1-4(11)9-5-3-14-6(2-10)8(13)7(5)12;1-3-9-5-7(12)6(11)4(2-10)13-8(5)14-3;1-3(10)9-6-7(12)4(11)2-5-8(6)13-5/h2-6,10-13,20,22-23H,7H2,1H3,(H,16,21)(H2,17,19,24);2-6,10-13,19,21-22H,7H2,1H3,(H,16,20)(H,17,23);4-7,11,13-15H,2H2,1H3,(H,9,12);4-8,11,13-14H,2,9H2,1H3,(H,10,12);4-7,10,12-13H,2H2,1H3,(H,9,11);3,6-8,10,12-13H,2H2,1H3,(H,9,11);4-8,10-12H,2H2,1H3;4-8,11-12H,2H2,1H3,(H,9,10)/b2*18-14-;10-8+;;;;;. The van der Waals surface area contributed by atoms with E-state index < -0.39 is 270 Å². The monoisotopic (exact) mass is 1990 g/mol. The molecule has 59 heteroatoms. The van der Waals surface area contributed by atoms with E-state index in [4.69, 9.17) is 69.6 Å². The number of esters is 1. The number of ether oxygens (including phenoxy) is 8. The van der Waals surface area contributed by atoms with Gasteiger partial charge in [-0.15, -0.1) is 5.10 Å². The van der Waals surface area contributed by atoms with Crippen LogP contribution in [0.2, 0.25) is 0 Å². The van der Waals surface area contributed by atoms with Crippen LogP contribution in [-0.2, 0) is 81.1 Å². The van der Waals surface area contributed by atoms with Gasteiger partial charge in [-0.3, -0.25) is 48.7 Å². The van der Waals surface area contributed by atoms with Crippen molar-refractivity contribution in [3.8, 4) is 0 Å². The number of hydrogen-bond acceptors (Lipinski definition) is 49. The Morgan fingerprint density at radius 1 is 0.438 bits per heavy atom. The summed E-state index contributed by atoms with van der Waals surface area (Å²) in [4.78, 5) is 120. The minimum Gasteiger partial charge on any atom is -0.491 e. The average Bonchev–Trinajstić information content (AvgIpc) is 1.61. The van der Waals surface area contributed by atoms with Crippen molar-refractivity contribution in [1.29, 1.82) is 0 Å². The molecule has 2 aromatic carbocycles. The number of para-hydroxylation sites is 2. The highest BCUT2D eigenvalue weighted by Gasteiger charge is 2.56. The molecule has 36 N–H and O–H groups in total. The zero-order valence-electron chi connectivity index (χ0n) is 74.4. The topological polar surface area (TPSA) is 938 Å². The number of epoxide rings is 1. The number of carbonyl (C=O) groups is 10. The molecule has 9 aliphatic heterocycles. The van der Waals surface area contributed by atoms with Crippen molar-refractivity contribution >= 4 is 105 Å². The summed E-state index contributed by atoms with van der Waals surface area (Å²) in [5, 5.41) is 257. The van der Waals surface area contributed by atoms with Crippen LogP contribution < -0.4 is 59.0 Å². The molecule has 8 fully saturated rings. The zero-order chi connectivity index (χ0) is 103. The number of amides is 10. The molecule has 0 radical (unpaired) electrons. The van der Waals surface area contributed by atoms with Crippen molar-refractivity contribution in [1.82, 2.24) is 42.6 Å². The van der Waals surface area contributed by atoms with Crippen molar-refractivity contribution in [3.63, 3.8) is 0 Å². The molecule has 10 amide bonds. The second kappa shape index (κ2) is 56.5. The van der Waals surface area contributed by atoms with Gasteiger partial charge < -0.3 is 209 Å². The number of nitrogens with zero attached hydrogens (tertiary/aromatic N) is 4. The molecule has 0 spiro atoms. The summed E-state index contributed by atoms with van der Waals surface area (Å²) in [5.74, 6) is -4.81. The fourth-order valence-electron chi connectivity index (χ4n) is 13.6. The lowest BCUT2D eigenvalue weighted by molar-refractivity contribution is -0.193. The lowest BCUT2D eigenvalue weighted by atomic mass is 9.90. The fourth-order valence-corrected chi connectivity index (χ4v) is 14.6. The SMILES string of the molecule is CC(=O)NC1/C(=N/NC(=O)Nc2ccccc2)OC(CO)C(O)C1O.CC(=O)NC1/C(=N/OC(=O)Nc2ccccc2)OC(CO)C(O)C1O.CC(=O)NC1/C(=N\O)OC(CO)C(O)C1O.CC(=O)NC1=COC(CO)C(O)C1O.CC(=O)NC1C(=O)OC(CO)C(O)C1O.CC(=O)NC1C(N)OC(CO)C(O)C1O.CC(=O)NC1C(O)C(O)CC2OC21.CC1=NC2C(OC(CO)C(O)C2O)S1. The first kappa shape index (κ1) is 117. The van der Waals surface area contributed by atoms with Crippen molar-refractivity contribution in [2.24, 2.45) is 26.1 Å². The van der Waals surface area contributed by atoms with E-state index in [1.54, 1.807) is 60.7 Å². The molecule has 1 aliphatic carbocycles. The number of aliphatic imine (C=N–C) groups is 1. The lowest BCUT2D eigenvalue weighted by Crippen LogP contribution is -2.66. The Bertz CT molecular complexity index is 4270. The summed E-state index contributed by atoms with van der Waals surface area (Å²) in [7, 11) is 0. The molecule has 34 atom stereocenters. The summed E-state index contributed by atoms with van der Waals surface area (Å²) in [5.41, 5.74) is 8.52. The molecule has 58 nitrogen and oxygen atoms in total. The van der Waals surface area contributed by atoms with Crippen molar-refractivity contribution < 1.29 is 213 Å². The van der Waals surface area contributed by atoms with Gasteiger partial charge in [0.15, 0.2) is 30.5 Å². The largest absolute Gasteiger partial charge is 0.491 e. The van der Waals surface area contributed by atoms with Crippen LogP contribution in [0.5, 0.6) is 0 Å². The Labute approximate surface area is 782 Å². The first-order valence-corrected chi connectivity index (χ1v) is 42.5. The Morgan fingerprint density at radius 3 is 1.30 bits per heavy atom. The number of benzene rings is 2. The van der Waals surface area contributed by atoms with Gasteiger partial charge in [0.1, 0.15) is 158 Å². The van der Waals surface area contributed by atoms with Crippen LogP contribution in [0.1, 0.15) is 61.8 Å². The average molecular weight is 1990 g/mol. The molecule has 12 rings (SSSR count). The van der Waals surface area contributed by atoms with E-state index in [9.17, 15) is 140 Å². The van der Waals surface area contributed by atoms with Crippen molar-refractivity contribution in [3.05, 3.63) is 72.6 Å². The number of hydrazone groups is 1. The highest BCUT2D eigenvalue weighted by Crippen LogP contribution is 2.38. The van der Waals surface area contributed by atoms with Gasteiger partial charge in [-0.25, -0.2) is 19.8 Å². The molecular weight excluding hydrogens is 1870 g/mol. The third kappa shape index (κ3) is 34.8. The van der Waals surface area contributed by atoms with E-state index in [1.807, 2.05) is 6.92 Å². The van der Waals surface area contributed by atoms with Crippen LogP contribution in [0.4, 0.5) is 21.0 Å². The second-order valence-electron chi connectivity index (χ2n) is 31.1. The molecule has 7 saturated heterocycles. The molecule has 137 heavy (non-hydrogen) atoms. The van der Waals surface area contributed by atoms with E-state index in [0.717, 1.165) is 11.3 Å². The molecule has 0 bridgehead atoms. The van der Waals surface area contributed by atoms with Crippen LogP contribution in [-0.4, -0.2) is 458 Å². The van der Waals surface area contributed by atoms with Crippen LogP contribution in [0.15, 0.2) is 93.0 Å². The van der Waals surface area contributed by atoms with Gasteiger partial charge in [0, 0.05) is 66.3 Å². The Morgan fingerprint density at radius 2 is 0.839 bits per heavy atom. The summed E-state index contributed by atoms with van der Waals surface area (Å²) < 4.78 is 40.5. The number of oxime groups is 2. The minimum absolute atomic E-state index is 0.00949. The number of nitrogens with two attached hydrogens (primary N) is 1. The number of rotatable bonds is 18. The van der Waals surface area contributed by atoms with E-state index in [-0.39, 0.29) is 65.4 Å². The molecule has 772 valence electrons. The van der Waals surface area contributed by atoms with Gasteiger partial charge in [-0.2, -0.15) is 0 Å². The number of aliphatic hydroxyl groups excluding tert-OH is 23. The predicted octanol–water partition coefficient (Wildman–Crippen LogP) is -15.3. The van der Waals surface area contributed by atoms with E-state index in [2.05, 4.69) is 83.3 Å². The molecule has 1 saturated carbocycles. The maximum absolute atomic E-state index is 11.8. The van der Waals surface area contributed by atoms with Gasteiger partial charge in [-0.1, -0.05) is 53.3 Å². The van der Waals surface area contributed by atoms with Crippen LogP contribution in [0.25, 0.3) is 0 Å². The third-order valence-corrected chi connectivity index (χ3v) is 21.6. The molecule has 10 aliphatic rings. The van der Waals surface area contributed by atoms with E-state index in [0.29, 0.717) is 17.8 Å². The molecular formula is C78H121N15O43S. The lowest BCUT2D eigenvalue weighted by Gasteiger charge is -2.40. The summed E-state index contributed by atoms with van der Waals surface area (Å²) in [6.45, 7) is 7.06. The molecule has 0 aromatic heterocycles. The number of cyclic esters (lactones) is 1. The van der Waals surface area contributed by atoms with Gasteiger partial charge in [0.05, 0.1) is 81.3 Å². The van der Waals surface area contributed by atoms with E-state index in [1.165, 1.54) is 60.2 Å². The van der Waals surface area contributed by atoms with Gasteiger partial charge in [-0.05, 0) is 36.3 Å². The van der Waals surface area contributed by atoms with Crippen LogP contribution in [0.3, 0.4) is 0 Å². The number of hydrogen-bond donors (Lipinski definition) is 35. The number of urea groups is 1. The predicted molar refractivity (Wildman–Crippen MR) is 461 cm³/mol. The number of aliphatic hydroxyl groups is 23. The van der Waals surface area contributed by atoms with E-state index >= 15 is 0 Å². The summed E-state index contributed by atoms with van der Waals surface area (Å²) in [6, 6.07) is 9.82. The van der Waals surface area contributed by atoms with Gasteiger partial charge in [0.25, 0.3) is 11.8 Å². The molecule has 34 unspecified atom stereocenters. The van der Waals surface area contributed by atoms with Crippen molar-refractivity contribution in [2.45, 2.75) is 268 Å². The fraction of sp³-hybridized carbons (Fsp3) is 0.641. The second-order valence-corrected chi connectivity index (χ2v) is 32.4. The molecule has 9 heterocycles. The maximum Gasteiger partial charge on any atom is 0.437 e. The number of fused-ring (bicyclic) bond motifs is 2. The first-order valence-electron chi connectivity index (χ1n) is 41.6. The smallest absolute Gasteiger partial charge is 0.437 e. The number of thioether (sulfide) groups is 1. The van der Waals surface area contributed by atoms with Gasteiger partial charge >= 0.3 is 18.1 Å². The highest BCUT2D eigenvalue weighted by molar-refractivity contribution is 8.14. The van der Waals surface area contributed by atoms with Crippen molar-refractivity contribution in [2.75, 3.05) is 56.9 Å². The number of carbonyl (C=O) groups excluding carboxylic acids is 10. The Kier molecular flexibility index (Phi) is 48.2. The minimum atomic E-state index is -1.51. The summed E-state index contributed by atoms with van der Waals surface area (Å²) >= 11 is 1.42. The third-order valence-electron chi connectivity index (χ3n) is 20.5. The quantitative estimate of drug-likeness (QED) is 0.0217. The zero-order valence-corrected chi connectivity index (χ0v) is 75.2. The maximum atomic E-state index is 11.8. The van der Waals surface area contributed by atoms with Gasteiger partial charge in [0.2, 0.25) is 47.2 Å². The highest BCUT2D eigenvalue weighted by atomic mass is 32.2. The number of nitrogens with one attached hydrogen (secondary N) is 10.